The van der Waals surface area contributed by atoms with E-state index in [1.54, 1.807) is 17.4 Å². The number of carbonyl (C=O) groups is 2. The summed E-state index contributed by atoms with van der Waals surface area (Å²) in [6.45, 7) is 15.3. The Morgan fingerprint density at radius 2 is 1.78 bits per heavy atom. The number of nitrogens with zero attached hydrogens (tertiary/aromatic N) is 8. The molecule has 3 fully saturated rings. The molecule has 0 bridgehead atoms. The number of phenolic OH excluding ortho intramolecular Hbond substituents is 1. The number of phenols is 1. The average molecular weight is 875 g/mol. The van der Waals surface area contributed by atoms with Crippen molar-refractivity contribution in [2.24, 2.45) is 11.8 Å². The minimum atomic E-state index is -0.796. The number of amides is 2. The molecule has 332 valence electrons. The van der Waals surface area contributed by atoms with Crippen molar-refractivity contribution in [1.29, 1.82) is 0 Å². The third-order valence-corrected chi connectivity index (χ3v) is 14.4. The van der Waals surface area contributed by atoms with Gasteiger partial charge in [0.25, 0.3) is 0 Å². The topological polar surface area (TPSA) is 176 Å². The summed E-state index contributed by atoms with van der Waals surface area (Å²) < 4.78 is 5.90. The molecule has 0 radical (unpaired) electrons. The fourth-order valence-electron chi connectivity index (χ4n) is 9.93. The zero-order chi connectivity index (χ0) is 43.8. The second-order valence-corrected chi connectivity index (χ2v) is 19.0. The molecule has 4 aliphatic heterocycles. The number of benzene rings is 2. The van der Waals surface area contributed by atoms with E-state index in [0.717, 1.165) is 97.6 Å². The third-order valence-electron chi connectivity index (χ3n) is 13.4. The SMILES string of the molecule is Cc1ncsc1-c1ccc([C@H](C)NC(=O)[C@@H]2C[C@@H](O)CN2C(=O)C(c2cc(CN3CCC(CN4CCN5c6cc(-c7ccccc7O)nnc6NC[C@H]5C4)CC3)no2)C(C)C)cc1. The molecule has 1 unspecified atom stereocenters. The van der Waals surface area contributed by atoms with Crippen LogP contribution in [0.4, 0.5) is 11.5 Å². The maximum atomic E-state index is 14.3. The van der Waals surface area contributed by atoms with E-state index in [9.17, 15) is 19.8 Å². The van der Waals surface area contributed by atoms with Crippen molar-refractivity contribution in [3.8, 4) is 27.4 Å². The molecule has 63 heavy (non-hydrogen) atoms. The van der Waals surface area contributed by atoms with Crippen molar-refractivity contribution in [2.75, 3.05) is 62.6 Å². The summed E-state index contributed by atoms with van der Waals surface area (Å²) in [6.07, 6.45) is 1.58. The number of aromatic hydroxyl groups is 1. The lowest BCUT2D eigenvalue weighted by molar-refractivity contribution is -0.141. The van der Waals surface area contributed by atoms with E-state index in [2.05, 4.69) is 45.7 Å². The summed E-state index contributed by atoms with van der Waals surface area (Å²) in [7, 11) is 0. The molecule has 5 atom stereocenters. The quantitative estimate of drug-likeness (QED) is 0.121. The van der Waals surface area contributed by atoms with Gasteiger partial charge in [-0.05, 0) is 80.9 Å². The average Bonchev–Trinajstić information content (AvgIpc) is 4.04. The second-order valence-electron chi connectivity index (χ2n) is 18.1. The number of para-hydroxylation sites is 1. The summed E-state index contributed by atoms with van der Waals surface area (Å²) in [5, 5.41) is 41.1. The number of β-amino-alcohol motifs (C(OH)–C–C–N with tert-alkyl or cyclic N) is 1. The highest BCUT2D eigenvalue weighted by Gasteiger charge is 2.44. The number of aliphatic hydroxyl groups excluding tert-OH is 1. The summed E-state index contributed by atoms with van der Waals surface area (Å²) in [6, 6.07) is 18.5. The number of fused-ring (bicyclic) bond motifs is 3. The molecule has 0 saturated carbocycles. The van der Waals surface area contributed by atoms with E-state index in [-0.39, 0.29) is 42.5 Å². The number of hydrogen-bond donors (Lipinski definition) is 4. The maximum Gasteiger partial charge on any atom is 0.243 e. The molecule has 3 aromatic heterocycles. The number of carbonyl (C=O) groups excluding carboxylic acids is 2. The number of aliphatic hydroxyl groups is 1. The molecule has 2 amide bonds. The zero-order valence-corrected chi connectivity index (χ0v) is 37.3. The number of aryl methyl sites for hydroxylation is 1. The molecule has 2 aromatic carbocycles. The van der Waals surface area contributed by atoms with Gasteiger partial charge < -0.3 is 35.2 Å². The molecule has 9 rings (SSSR count). The zero-order valence-electron chi connectivity index (χ0n) is 36.5. The van der Waals surface area contributed by atoms with Gasteiger partial charge in [0.05, 0.1) is 51.3 Å². The van der Waals surface area contributed by atoms with Crippen LogP contribution in [0.5, 0.6) is 5.75 Å². The third kappa shape index (κ3) is 9.17. The van der Waals surface area contributed by atoms with Gasteiger partial charge >= 0.3 is 0 Å². The van der Waals surface area contributed by atoms with Gasteiger partial charge in [-0.2, -0.15) is 0 Å². The van der Waals surface area contributed by atoms with E-state index < -0.39 is 18.1 Å². The number of anilines is 2. The van der Waals surface area contributed by atoms with Crippen molar-refractivity contribution in [3.05, 3.63) is 88.9 Å². The summed E-state index contributed by atoms with van der Waals surface area (Å²) in [5.41, 5.74) is 8.04. The number of rotatable bonds is 12. The Morgan fingerprint density at radius 1 is 0.984 bits per heavy atom. The molecular weight excluding hydrogens is 817 g/mol. The van der Waals surface area contributed by atoms with Crippen molar-refractivity contribution in [2.45, 2.75) is 83.6 Å². The number of piperidine rings is 1. The number of aromatic nitrogens is 4. The molecule has 0 spiro atoms. The van der Waals surface area contributed by atoms with E-state index in [4.69, 9.17) is 4.52 Å². The monoisotopic (exact) mass is 874 g/mol. The van der Waals surface area contributed by atoms with Gasteiger partial charge in [0.15, 0.2) is 5.82 Å². The summed E-state index contributed by atoms with van der Waals surface area (Å²) >= 11 is 1.60. The lowest BCUT2D eigenvalue weighted by atomic mass is 9.91. The van der Waals surface area contributed by atoms with Gasteiger partial charge in [0.1, 0.15) is 23.5 Å². The fraction of sp³-hybridized carbons (Fsp3) is 0.489. The molecule has 4 N–H and O–H groups in total. The summed E-state index contributed by atoms with van der Waals surface area (Å²) in [5.74, 6) is 0.813. The number of thiazole rings is 1. The van der Waals surface area contributed by atoms with Gasteiger partial charge in [-0.1, -0.05) is 55.4 Å². The van der Waals surface area contributed by atoms with Crippen LogP contribution >= 0.6 is 11.3 Å². The van der Waals surface area contributed by atoms with Crippen LogP contribution in [0.3, 0.4) is 0 Å². The molecule has 7 heterocycles. The van der Waals surface area contributed by atoms with Crippen LogP contribution in [0, 0.1) is 18.8 Å². The molecule has 0 aliphatic carbocycles. The highest BCUT2D eigenvalue weighted by Crippen LogP contribution is 2.37. The molecular formula is C47H58N10O5S. The van der Waals surface area contributed by atoms with E-state index >= 15 is 0 Å². The molecule has 4 aliphatic rings. The Bertz CT molecular complexity index is 2400. The smallest absolute Gasteiger partial charge is 0.243 e. The van der Waals surface area contributed by atoms with E-state index in [1.807, 2.05) is 87.8 Å². The first kappa shape index (κ1) is 42.9. The van der Waals surface area contributed by atoms with Crippen LogP contribution in [0.2, 0.25) is 0 Å². The van der Waals surface area contributed by atoms with Crippen LogP contribution < -0.4 is 15.5 Å². The Balaban J connectivity index is 0.763. The van der Waals surface area contributed by atoms with Gasteiger partial charge in [-0.25, -0.2) is 4.98 Å². The van der Waals surface area contributed by atoms with Crippen molar-refractivity contribution < 1.29 is 24.3 Å². The van der Waals surface area contributed by atoms with Crippen molar-refractivity contribution in [1.82, 2.24) is 40.4 Å². The van der Waals surface area contributed by atoms with Crippen LogP contribution in [0.15, 0.2) is 70.7 Å². The number of nitrogens with one attached hydrogen (secondary N) is 2. The van der Waals surface area contributed by atoms with Crippen LogP contribution in [0.25, 0.3) is 21.7 Å². The summed E-state index contributed by atoms with van der Waals surface area (Å²) in [4.78, 5) is 42.5. The molecule has 3 saturated heterocycles. The van der Waals surface area contributed by atoms with Crippen LogP contribution in [-0.2, 0) is 16.1 Å². The van der Waals surface area contributed by atoms with Gasteiger partial charge in [-0.3, -0.25) is 19.4 Å². The number of likely N-dealkylation sites (tertiary alicyclic amines) is 2. The lowest BCUT2D eigenvalue weighted by Gasteiger charge is -2.47. The minimum absolute atomic E-state index is 0.0887. The fourth-order valence-corrected chi connectivity index (χ4v) is 10.7. The highest BCUT2D eigenvalue weighted by atomic mass is 32.1. The first-order valence-electron chi connectivity index (χ1n) is 22.3. The van der Waals surface area contributed by atoms with Gasteiger partial charge in [-0.15, -0.1) is 21.5 Å². The predicted molar refractivity (Wildman–Crippen MR) is 242 cm³/mol. The Morgan fingerprint density at radius 3 is 2.52 bits per heavy atom. The first-order valence-corrected chi connectivity index (χ1v) is 23.2. The van der Waals surface area contributed by atoms with E-state index in [1.165, 1.54) is 4.90 Å². The molecule has 5 aromatic rings. The lowest BCUT2D eigenvalue weighted by Crippen LogP contribution is -2.58. The number of piperazine rings is 1. The van der Waals surface area contributed by atoms with Gasteiger partial charge in [0, 0.05) is 63.9 Å². The Kier molecular flexibility index (Phi) is 12.5. The number of hydrogen-bond acceptors (Lipinski definition) is 14. The van der Waals surface area contributed by atoms with Crippen molar-refractivity contribution >= 4 is 34.7 Å². The maximum absolute atomic E-state index is 14.3. The van der Waals surface area contributed by atoms with Crippen LogP contribution in [-0.4, -0.2) is 128 Å². The van der Waals surface area contributed by atoms with Gasteiger partial charge in [0.2, 0.25) is 11.8 Å². The second kappa shape index (κ2) is 18.4. The Labute approximate surface area is 372 Å². The first-order chi connectivity index (χ1) is 30.5. The standard InChI is InChI=1S/C47H58N10O5S/c1-28(2)43(47(61)57-26-36(58)20-40(57)46(60)50-29(3)32-9-11-33(12-10-32)44-30(4)49-27-63-44)42-19-34(53-62-42)24-54-15-13-31(14-16-54)23-55-17-18-56-35(25-55)22-48-45-39(56)21-38(51-52-45)37-7-5-6-8-41(37)59/h5-12,19,21,27-29,31,35-36,40,43,58-59H,13-18,20,22-26H2,1-4H3,(H,48,52)(H,50,60)/t29-,35-,36+,40-,43?/m0/s1. The Hall–Kier alpha value is -5.42. The van der Waals surface area contributed by atoms with Crippen LogP contribution in [0.1, 0.15) is 74.7 Å². The molecule has 16 heteroatoms. The largest absolute Gasteiger partial charge is 0.507 e. The van der Waals surface area contributed by atoms with E-state index in [0.29, 0.717) is 35.5 Å². The normalized spacial score (nSPS) is 21.8. The van der Waals surface area contributed by atoms with Crippen molar-refractivity contribution in [3.63, 3.8) is 0 Å². The molecule has 15 nitrogen and oxygen atoms in total. The highest BCUT2D eigenvalue weighted by molar-refractivity contribution is 7.13. The minimum Gasteiger partial charge on any atom is -0.507 e. The predicted octanol–water partition coefficient (Wildman–Crippen LogP) is 5.68.